The van der Waals surface area contributed by atoms with Crippen LogP contribution in [0.3, 0.4) is 0 Å². The van der Waals surface area contributed by atoms with Crippen molar-refractivity contribution < 1.29 is 13.6 Å². The first-order valence-electron chi connectivity index (χ1n) is 6.84. The quantitative estimate of drug-likeness (QED) is 0.774. The Labute approximate surface area is 107 Å². The molecular weight excluding hydrogens is 238 g/mol. The zero-order valence-electron chi connectivity index (χ0n) is 11.0. The molecule has 0 radical (unpaired) electrons. The van der Waals surface area contributed by atoms with E-state index in [2.05, 4.69) is 11.8 Å². The Morgan fingerprint density at radius 3 is 2.78 bits per heavy atom. The van der Waals surface area contributed by atoms with Gasteiger partial charge in [0.15, 0.2) is 0 Å². The smallest absolute Gasteiger partial charge is 0.267 e. The van der Waals surface area contributed by atoms with E-state index in [0.29, 0.717) is 18.9 Å². The van der Waals surface area contributed by atoms with Crippen LogP contribution in [0.4, 0.5) is 8.78 Å². The molecule has 0 aromatic rings. The molecule has 0 N–H and O–H groups in total. The lowest BCUT2D eigenvalue weighted by atomic mass is 10.0. The van der Waals surface area contributed by atoms with Gasteiger partial charge in [0.2, 0.25) is 5.91 Å². The largest absolute Gasteiger partial charge is 0.336 e. The lowest BCUT2D eigenvalue weighted by Crippen LogP contribution is -2.38. The third kappa shape index (κ3) is 3.64. The molecule has 0 aromatic heterocycles. The van der Waals surface area contributed by atoms with Crippen molar-refractivity contribution in [2.45, 2.75) is 38.5 Å². The van der Waals surface area contributed by atoms with Crippen molar-refractivity contribution >= 4 is 5.91 Å². The van der Waals surface area contributed by atoms with Crippen LogP contribution < -0.4 is 0 Å². The molecule has 0 aromatic carbocycles. The second-order valence-electron chi connectivity index (χ2n) is 5.72. The molecule has 2 rings (SSSR count). The lowest BCUT2D eigenvalue weighted by Gasteiger charge is -2.31. The highest BCUT2D eigenvalue weighted by atomic mass is 19.3. The van der Waals surface area contributed by atoms with Gasteiger partial charge in [-0.2, -0.15) is 0 Å². The van der Waals surface area contributed by atoms with E-state index in [4.69, 9.17) is 0 Å². The number of nitrogens with zero attached hydrogens (tertiary/aromatic N) is 2. The number of rotatable bonds is 3. The summed E-state index contributed by atoms with van der Waals surface area (Å²) in [4.78, 5) is 15.4. The number of hydrogen-bond donors (Lipinski definition) is 0. The Balaban J connectivity index is 1.72. The Morgan fingerprint density at radius 2 is 2.17 bits per heavy atom. The summed E-state index contributed by atoms with van der Waals surface area (Å²) < 4.78 is 26.0. The standard InChI is InChI=1S/C13H22F2N2O/c1-11-3-2-6-16(9-11)7-4-12(18)17-8-5-13(14,15)10-17/h11H,2-10H2,1H3. The fourth-order valence-corrected chi connectivity index (χ4v) is 2.85. The van der Waals surface area contributed by atoms with Crippen LogP contribution >= 0.6 is 0 Å². The molecule has 2 aliphatic heterocycles. The van der Waals surface area contributed by atoms with Crippen LogP contribution in [0.5, 0.6) is 0 Å². The van der Waals surface area contributed by atoms with Gasteiger partial charge >= 0.3 is 0 Å². The molecule has 104 valence electrons. The molecular formula is C13H22F2N2O. The van der Waals surface area contributed by atoms with Crippen molar-refractivity contribution in [3.8, 4) is 0 Å². The van der Waals surface area contributed by atoms with Gasteiger partial charge in [-0.3, -0.25) is 4.79 Å². The molecule has 2 aliphatic rings. The maximum Gasteiger partial charge on any atom is 0.267 e. The van der Waals surface area contributed by atoms with E-state index < -0.39 is 5.92 Å². The SMILES string of the molecule is CC1CCCN(CCC(=O)N2CCC(F)(F)C2)C1. The number of carbonyl (C=O) groups is 1. The molecule has 1 amide bonds. The molecule has 5 heteroatoms. The summed E-state index contributed by atoms with van der Waals surface area (Å²) in [5.74, 6) is -2.11. The summed E-state index contributed by atoms with van der Waals surface area (Å²) in [6.45, 7) is 4.82. The van der Waals surface area contributed by atoms with Crippen LogP contribution in [0.1, 0.15) is 32.6 Å². The van der Waals surface area contributed by atoms with E-state index in [9.17, 15) is 13.6 Å². The number of likely N-dealkylation sites (tertiary alicyclic amines) is 2. The van der Waals surface area contributed by atoms with Gasteiger partial charge in [0.1, 0.15) is 0 Å². The minimum absolute atomic E-state index is 0.120. The van der Waals surface area contributed by atoms with Crippen LogP contribution in [0.15, 0.2) is 0 Å². The third-order valence-corrected chi connectivity index (χ3v) is 3.91. The first-order valence-corrected chi connectivity index (χ1v) is 6.84. The Hall–Kier alpha value is -0.710. The number of piperidine rings is 1. The number of alkyl halides is 2. The van der Waals surface area contributed by atoms with Crippen molar-refractivity contribution in [3.05, 3.63) is 0 Å². The van der Waals surface area contributed by atoms with E-state index in [1.165, 1.54) is 17.7 Å². The summed E-state index contributed by atoms with van der Waals surface area (Å²) in [7, 11) is 0. The van der Waals surface area contributed by atoms with Crippen molar-refractivity contribution in [2.75, 3.05) is 32.7 Å². The Bertz CT molecular complexity index is 309. The normalized spacial score (nSPS) is 28.6. The molecule has 18 heavy (non-hydrogen) atoms. The number of halogens is 2. The van der Waals surface area contributed by atoms with Gasteiger partial charge in [0, 0.05) is 32.5 Å². The van der Waals surface area contributed by atoms with E-state index in [1.807, 2.05) is 0 Å². The molecule has 0 aliphatic carbocycles. The van der Waals surface area contributed by atoms with Crippen molar-refractivity contribution in [3.63, 3.8) is 0 Å². The number of hydrogen-bond acceptors (Lipinski definition) is 2. The van der Waals surface area contributed by atoms with Crippen molar-refractivity contribution in [1.29, 1.82) is 0 Å². The van der Waals surface area contributed by atoms with Crippen LogP contribution in [-0.4, -0.2) is 54.4 Å². The number of amides is 1. The fraction of sp³-hybridized carbons (Fsp3) is 0.923. The van der Waals surface area contributed by atoms with Gasteiger partial charge in [-0.25, -0.2) is 8.78 Å². The average Bonchev–Trinajstić information content (AvgIpc) is 2.67. The summed E-state index contributed by atoms with van der Waals surface area (Å²) in [6.07, 6.45) is 2.63. The highest BCUT2D eigenvalue weighted by molar-refractivity contribution is 5.76. The van der Waals surface area contributed by atoms with Crippen LogP contribution in [0.2, 0.25) is 0 Å². The molecule has 2 heterocycles. The molecule has 0 saturated carbocycles. The Morgan fingerprint density at radius 1 is 1.39 bits per heavy atom. The molecule has 2 saturated heterocycles. The van der Waals surface area contributed by atoms with Gasteiger partial charge in [-0.15, -0.1) is 0 Å². The van der Waals surface area contributed by atoms with Crippen LogP contribution in [-0.2, 0) is 4.79 Å². The van der Waals surface area contributed by atoms with Gasteiger partial charge in [0.25, 0.3) is 5.92 Å². The molecule has 3 nitrogen and oxygen atoms in total. The topological polar surface area (TPSA) is 23.6 Å². The monoisotopic (exact) mass is 260 g/mol. The van der Waals surface area contributed by atoms with Gasteiger partial charge in [0.05, 0.1) is 6.54 Å². The first-order chi connectivity index (χ1) is 8.46. The maximum absolute atomic E-state index is 13.0. The minimum atomic E-state index is -2.67. The molecule has 0 spiro atoms. The van der Waals surface area contributed by atoms with Crippen LogP contribution in [0.25, 0.3) is 0 Å². The molecule has 0 bridgehead atoms. The second-order valence-corrected chi connectivity index (χ2v) is 5.72. The zero-order valence-corrected chi connectivity index (χ0v) is 11.0. The average molecular weight is 260 g/mol. The van der Waals surface area contributed by atoms with Gasteiger partial charge in [-0.05, 0) is 25.3 Å². The van der Waals surface area contributed by atoms with Gasteiger partial charge in [-0.1, -0.05) is 6.92 Å². The van der Waals surface area contributed by atoms with E-state index >= 15 is 0 Å². The summed E-state index contributed by atoms with van der Waals surface area (Å²) >= 11 is 0. The summed E-state index contributed by atoms with van der Waals surface area (Å²) in [5.41, 5.74) is 0. The first kappa shape index (κ1) is 13.7. The lowest BCUT2D eigenvalue weighted by molar-refractivity contribution is -0.132. The highest BCUT2D eigenvalue weighted by Gasteiger charge is 2.40. The second kappa shape index (κ2) is 5.51. The summed E-state index contributed by atoms with van der Waals surface area (Å²) in [5, 5.41) is 0. The van der Waals surface area contributed by atoms with E-state index in [1.54, 1.807) is 0 Å². The third-order valence-electron chi connectivity index (χ3n) is 3.91. The predicted molar refractivity (Wildman–Crippen MR) is 65.6 cm³/mol. The summed E-state index contributed by atoms with van der Waals surface area (Å²) in [6, 6.07) is 0. The van der Waals surface area contributed by atoms with Crippen molar-refractivity contribution in [1.82, 2.24) is 9.80 Å². The molecule has 2 fully saturated rings. The zero-order chi connectivity index (χ0) is 13.2. The Kier molecular flexibility index (Phi) is 4.20. The molecule has 1 atom stereocenters. The predicted octanol–water partition coefficient (Wildman–Crippen LogP) is 1.98. The maximum atomic E-state index is 13.0. The van der Waals surface area contributed by atoms with Gasteiger partial charge < -0.3 is 9.80 Å². The number of carbonyl (C=O) groups excluding carboxylic acids is 1. The minimum Gasteiger partial charge on any atom is -0.336 e. The van der Waals surface area contributed by atoms with Crippen LogP contribution in [0, 0.1) is 5.92 Å². The molecule has 1 unspecified atom stereocenters. The van der Waals surface area contributed by atoms with Crippen molar-refractivity contribution in [2.24, 2.45) is 5.92 Å². The van der Waals surface area contributed by atoms with E-state index in [-0.39, 0.29) is 25.4 Å². The fourth-order valence-electron chi connectivity index (χ4n) is 2.85. The van der Waals surface area contributed by atoms with E-state index in [0.717, 1.165) is 13.1 Å². The highest BCUT2D eigenvalue weighted by Crippen LogP contribution is 2.27.